The summed E-state index contributed by atoms with van der Waals surface area (Å²) in [5.41, 5.74) is 1.17. The lowest BCUT2D eigenvalue weighted by Crippen LogP contribution is -2.48. The number of hydrogen-bond donors (Lipinski definition) is 1. The van der Waals surface area contributed by atoms with Crippen LogP contribution in [0.5, 0.6) is 0 Å². The van der Waals surface area contributed by atoms with Crippen molar-refractivity contribution < 1.29 is 36.2 Å². The molecule has 1 spiro atoms. The van der Waals surface area contributed by atoms with Crippen molar-refractivity contribution in [1.29, 1.82) is 0 Å². The summed E-state index contributed by atoms with van der Waals surface area (Å²) in [7, 11) is -1.15. The Morgan fingerprint density at radius 2 is 1.90 bits per heavy atom. The second kappa shape index (κ2) is 9.62. The zero-order chi connectivity index (χ0) is 22.6. The average Bonchev–Trinajstić information content (AvgIpc) is 2.91. The highest BCUT2D eigenvalue weighted by molar-refractivity contribution is 7.88. The van der Waals surface area contributed by atoms with Crippen LogP contribution in [0.3, 0.4) is 0 Å². The molecule has 172 valence electrons. The molecule has 30 heavy (non-hydrogen) atoms. The van der Waals surface area contributed by atoms with Gasteiger partial charge < -0.3 is 14.4 Å². The van der Waals surface area contributed by atoms with Gasteiger partial charge in [0.2, 0.25) is 10.0 Å². The summed E-state index contributed by atoms with van der Waals surface area (Å²) >= 11 is 0. The summed E-state index contributed by atoms with van der Waals surface area (Å²) in [4.78, 5) is 15.5. The van der Waals surface area contributed by atoms with Gasteiger partial charge in [-0.3, -0.25) is 4.90 Å². The van der Waals surface area contributed by atoms with Gasteiger partial charge in [0, 0.05) is 38.3 Å². The summed E-state index contributed by atoms with van der Waals surface area (Å²) in [6.45, 7) is 5.04. The Bertz CT molecular complexity index is 820. The molecule has 13 heteroatoms. The van der Waals surface area contributed by atoms with Crippen LogP contribution in [-0.2, 0) is 33.1 Å². The van der Waals surface area contributed by atoms with E-state index in [1.54, 1.807) is 4.31 Å². The quantitative estimate of drug-likeness (QED) is 0.721. The van der Waals surface area contributed by atoms with E-state index >= 15 is 0 Å². The van der Waals surface area contributed by atoms with Crippen LogP contribution in [0.4, 0.5) is 13.2 Å². The normalized spacial score (nSPS) is 21.0. The molecular weight excluding hydrogens is 429 g/mol. The Morgan fingerprint density at radius 1 is 1.30 bits per heavy atom. The highest BCUT2D eigenvalue weighted by Crippen LogP contribution is 2.35. The first-order valence-corrected chi connectivity index (χ1v) is 11.2. The minimum Gasteiger partial charge on any atom is -0.475 e. The zero-order valence-electron chi connectivity index (χ0n) is 16.9. The first-order valence-electron chi connectivity index (χ1n) is 9.33. The number of nitrogens with zero attached hydrogens (tertiary/aromatic N) is 4. The Kier molecular flexibility index (Phi) is 7.88. The number of hydrogen-bond acceptors (Lipinski definition) is 6. The van der Waals surface area contributed by atoms with Crippen molar-refractivity contribution in [2.75, 3.05) is 45.6 Å². The van der Waals surface area contributed by atoms with E-state index in [1.807, 2.05) is 24.1 Å². The molecule has 1 aromatic rings. The van der Waals surface area contributed by atoms with Crippen LogP contribution in [0.15, 0.2) is 12.5 Å². The van der Waals surface area contributed by atoms with Gasteiger partial charge in [0.1, 0.15) is 0 Å². The molecular formula is C17H27F3N4O5S. The Morgan fingerprint density at radius 3 is 2.37 bits per heavy atom. The van der Waals surface area contributed by atoms with Crippen molar-refractivity contribution in [1.82, 2.24) is 18.8 Å². The van der Waals surface area contributed by atoms with Gasteiger partial charge in [0.05, 0.1) is 31.5 Å². The van der Waals surface area contributed by atoms with E-state index in [2.05, 4.69) is 9.88 Å². The van der Waals surface area contributed by atoms with Gasteiger partial charge in [-0.15, -0.1) is 0 Å². The largest absolute Gasteiger partial charge is 0.490 e. The fraction of sp³-hybridized carbons (Fsp3) is 0.765. The third-order valence-corrected chi connectivity index (χ3v) is 6.59. The summed E-state index contributed by atoms with van der Waals surface area (Å²) in [5.74, 6) is -2.76. The number of aliphatic carboxylic acids is 1. The van der Waals surface area contributed by atoms with Gasteiger partial charge in [-0.2, -0.15) is 17.5 Å². The van der Waals surface area contributed by atoms with E-state index in [9.17, 15) is 21.6 Å². The van der Waals surface area contributed by atoms with Crippen LogP contribution < -0.4 is 0 Å². The molecule has 0 unspecified atom stereocenters. The fourth-order valence-electron chi connectivity index (χ4n) is 3.49. The van der Waals surface area contributed by atoms with Crippen molar-refractivity contribution in [3.8, 4) is 0 Å². The van der Waals surface area contributed by atoms with Crippen LogP contribution in [0.1, 0.15) is 18.5 Å². The predicted octanol–water partition coefficient (Wildman–Crippen LogP) is 0.927. The molecule has 0 radical (unpaired) electrons. The lowest BCUT2D eigenvalue weighted by molar-refractivity contribution is -0.192. The van der Waals surface area contributed by atoms with Crippen molar-refractivity contribution in [2.24, 2.45) is 12.5 Å². The number of alkyl halides is 3. The zero-order valence-corrected chi connectivity index (χ0v) is 17.7. The third kappa shape index (κ3) is 6.93. The predicted molar refractivity (Wildman–Crippen MR) is 101 cm³/mol. The molecule has 2 saturated heterocycles. The highest BCUT2D eigenvalue weighted by Gasteiger charge is 2.40. The van der Waals surface area contributed by atoms with Gasteiger partial charge in [0.25, 0.3) is 0 Å². The number of sulfonamides is 1. The van der Waals surface area contributed by atoms with Gasteiger partial charge >= 0.3 is 12.1 Å². The molecule has 3 heterocycles. The maximum atomic E-state index is 11.9. The summed E-state index contributed by atoms with van der Waals surface area (Å²) in [5, 5.41) is 7.12. The Balaban J connectivity index is 0.000000396. The molecule has 0 saturated carbocycles. The summed E-state index contributed by atoms with van der Waals surface area (Å²) in [6, 6.07) is 0. The number of halogens is 3. The molecule has 0 aliphatic carbocycles. The van der Waals surface area contributed by atoms with Crippen LogP contribution in [-0.4, -0.2) is 90.1 Å². The summed E-state index contributed by atoms with van der Waals surface area (Å²) in [6.07, 6.45) is 1.88. The number of ether oxygens (including phenoxy) is 1. The maximum absolute atomic E-state index is 11.9. The highest BCUT2D eigenvalue weighted by atomic mass is 32.2. The summed E-state index contributed by atoms with van der Waals surface area (Å²) < 4.78 is 65.0. The lowest BCUT2D eigenvalue weighted by Gasteiger charge is -2.42. The van der Waals surface area contributed by atoms with Gasteiger partial charge in [0.15, 0.2) is 0 Å². The molecule has 1 N–H and O–H groups in total. The molecule has 2 aliphatic heterocycles. The molecule has 9 nitrogen and oxygen atoms in total. The molecule has 0 bridgehead atoms. The smallest absolute Gasteiger partial charge is 0.475 e. The minimum atomic E-state index is -5.08. The number of likely N-dealkylation sites (tertiary alicyclic amines) is 1. The standard InChI is InChI=1S/C15H26N4O3S.C2HF3O2/c1-17-13-16-9-14(17)10-18-5-3-15(4-6-18)11-19(23(2,20)21)7-8-22-12-15;3-2(4,5)1(6)7/h9,13H,3-8,10-12H2,1-2H3;(H,6,7). The monoisotopic (exact) mass is 456 g/mol. The van der Waals surface area contributed by atoms with Crippen LogP contribution in [0, 0.1) is 5.41 Å². The van der Waals surface area contributed by atoms with Crippen LogP contribution in [0.25, 0.3) is 0 Å². The van der Waals surface area contributed by atoms with E-state index in [-0.39, 0.29) is 5.41 Å². The van der Waals surface area contributed by atoms with E-state index in [1.165, 1.54) is 11.9 Å². The molecule has 0 aromatic carbocycles. The number of aromatic nitrogens is 2. The van der Waals surface area contributed by atoms with E-state index < -0.39 is 22.2 Å². The van der Waals surface area contributed by atoms with Crippen LogP contribution in [0.2, 0.25) is 0 Å². The average molecular weight is 456 g/mol. The van der Waals surface area contributed by atoms with Crippen molar-refractivity contribution >= 4 is 16.0 Å². The number of piperidine rings is 1. The van der Waals surface area contributed by atoms with Crippen LogP contribution >= 0.6 is 0 Å². The van der Waals surface area contributed by atoms with Crippen molar-refractivity contribution in [3.05, 3.63) is 18.2 Å². The van der Waals surface area contributed by atoms with E-state index in [0.29, 0.717) is 26.3 Å². The number of carboxylic acid groups (broad SMARTS) is 1. The maximum Gasteiger partial charge on any atom is 0.490 e. The molecule has 2 aliphatic rings. The number of aryl methyl sites for hydroxylation is 1. The molecule has 1 aromatic heterocycles. The van der Waals surface area contributed by atoms with Crippen molar-refractivity contribution in [2.45, 2.75) is 25.6 Å². The van der Waals surface area contributed by atoms with Gasteiger partial charge in [-0.1, -0.05) is 0 Å². The molecule has 3 rings (SSSR count). The fourth-order valence-corrected chi connectivity index (χ4v) is 4.41. The molecule has 0 amide bonds. The Labute approximate surface area is 173 Å². The minimum absolute atomic E-state index is 0.0391. The molecule has 2 fully saturated rings. The van der Waals surface area contributed by atoms with Gasteiger partial charge in [-0.25, -0.2) is 18.2 Å². The van der Waals surface area contributed by atoms with Crippen molar-refractivity contribution in [3.63, 3.8) is 0 Å². The third-order valence-electron chi connectivity index (χ3n) is 5.34. The van der Waals surface area contributed by atoms with E-state index in [0.717, 1.165) is 32.5 Å². The lowest BCUT2D eigenvalue weighted by atomic mass is 9.79. The molecule has 0 atom stereocenters. The van der Waals surface area contributed by atoms with E-state index in [4.69, 9.17) is 14.6 Å². The topological polar surface area (TPSA) is 105 Å². The number of rotatable bonds is 3. The SMILES string of the molecule is Cn1cncc1CN1CCC2(CC1)COCCN(S(C)(=O)=O)C2.O=C(O)C(F)(F)F. The second-order valence-electron chi connectivity index (χ2n) is 7.72. The van der Waals surface area contributed by atoms with Gasteiger partial charge in [-0.05, 0) is 25.9 Å². The number of carbonyl (C=O) groups is 1. The number of imidazole rings is 1. The first kappa shape index (κ1) is 24.6. The number of carboxylic acids is 1. The first-order chi connectivity index (χ1) is 13.8. The second-order valence-corrected chi connectivity index (χ2v) is 9.71. The Hall–Kier alpha value is -1.70.